The van der Waals surface area contributed by atoms with Gasteiger partial charge < -0.3 is 19.7 Å². The predicted molar refractivity (Wildman–Crippen MR) is 67.8 cm³/mol. The zero-order chi connectivity index (χ0) is 13.8. The van der Waals surface area contributed by atoms with Crippen molar-refractivity contribution >= 4 is 5.97 Å². The fourth-order valence-corrected chi connectivity index (χ4v) is 2.32. The fraction of sp³-hybridized carbons (Fsp3) is 0.500. The number of hydrogen-bond donors (Lipinski definition) is 2. The number of rotatable bonds is 7. The summed E-state index contributed by atoms with van der Waals surface area (Å²) >= 11 is 0. The smallest absolute Gasteiger partial charge is 0.307 e. The Hall–Kier alpha value is -1.59. The number of methoxy groups -OCH3 is 1. The molecule has 0 heterocycles. The third-order valence-electron chi connectivity index (χ3n) is 3.57. The van der Waals surface area contributed by atoms with Gasteiger partial charge in [-0.05, 0) is 17.7 Å². The molecule has 0 bridgehead atoms. The minimum absolute atomic E-state index is 0.0688. The molecule has 2 rings (SSSR count). The Balaban J connectivity index is 1.76. The lowest BCUT2D eigenvalue weighted by Crippen LogP contribution is -2.04. The number of hydrogen-bond acceptors (Lipinski definition) is 4. The summed E-state index contributed by atoms with van der Waals surface area (Å²) in [4.78, 5) is 10.9. The van der Waals surface area contributed by atoms with Gasteiger partial charge in [-0.1, -0.05) is 12.1 Å². The van der Waals surface area contributed by atoms with Gasteiger partial charge in [0, 0.05) is 18.4 Å². The summed E-state index contributed by atoms with van der Waals surface area (Å²) in [6, 6.07) is 7.52. The van der Waals surface area contributed by atoms with Crippen molar-refractivity contribution in [3.8, 4) is 5.75 Å². The van der Waals surface area contributed by atoms with Gasteiger partial charge in [-0.25, -0.2) is 0 Å². The molecule has 1 aromatic rings. The SMILES string of the molecule is COc1ccc(COCC2C(CO)C2C(=O)O)cc1. The average molecular weight is 266 g/mol. The van der Waals surface area contributed by atoms with Crippen LogP contribution < -0.4 is 4.74 Å². The molecule has 5 heteroatoms. The summed E-state index contributed by atoms with van der Waals surface area (Å²) in [5, 5.41) is 18.0. The summed E-state index contributed by atoms with van der Waals surface area (Å²) in [6.45, 7) is 0.715. The summed E-state index contributed by atoms with van der Waals surface area (Å²) in [7, 11) is 1.61. The predicted octanol–water partition coefficient (Wildman–Crippen LogP) is 1.15. The second-order valence-corrected chi connectivity index (χ2v) is 4.74. The van der Waals surface area contributed by atoms with E-state index in [9.17, 15) is 4.79 Å². The Labute approximate surface area is 111 Å². The lowest BCUT2D eigenvalue weighted by atomic mass is 10.2. The van der Waals surface area contributed by atoms with Crippen molar-refractivity contribution in [3.05, 3.63) is 29.8 Å². The molecule has 19 heavy (non-hydrogen) atoms. The molecule has 104 valence electrons. The maximum absolute atomic E-state index is 10.9. The van der Waals surface area contributed by atoms with E-state index in [0.717, 1.165) is 11.3 Å². The van der Waals surface area contributed by atoms with Crippen LogP contribution in [0.5, 0.6) is 5.75 Å². The van der Waals surface area contributed by atoms with Crippen LogP contribution >= 0.6 is 0 Å². The summed E-state index contributed by atoms with van der Waals surface area (Å²) in [6.07, 6.45) is 0. The van der Waals surface area contributed by atoms with E-state index in [1.807, 2.05) is 24.3 Å². The van der Waals surface area contributed by atoms with Gasteiger partial charge in [0.1, 0.15) is 5.75 Å². The molecule has 0 saturated heterocycles. The Morgan fingerprint density at radius 3 is 2.42 bits per heavy atom. The average Bonchev–Trinajstić information content (AvgIpc) is 3.13. The molecule has 1 aromatic carbocycles. The van der Waals surface area contributed by atoms with Crippen molar-refractivity contribution in [3.63, 3.8) is 0 Å². The number of carbonyl (C=O) groups is 1. The van der Waals surface area contributed by atoms with Crippen molar-refractivity contribution in [2.45, 2.75) is 6.61 Å². The van der Waals surface area contributed by atoms with E-state index in [1.165, 1.54) is 0 Å². The minimum atomic E-state index is -0.850. The molecule has 1 saturated carbocycles. The summed E-state index contributed by atoms with van der Waals surface area (Å²) in [5.74, 6) is -0.746. The van der Waals surface area contributed by atoms with Gasteiger partial charge in [0.15, 0.2) is 0 Å². The Kier molecular flexibility index (Phi) is 4.39. The highest BCUT2D eigenvalue weighted by molar-refractivity contribution is 5.74. The number of aliphatic hydroxyl groups excluding tert-OH is 1. The van der Waals surface area contributed by atoms with Crippen molar-refractivity contribution in [1.29, 1.82) is 0 Å². The first kappa shape index (κ1) is 13.8. The lowest BCUT2D eigenvalue weighted by Gasteiger charge is -2.05. The van der Waals surface area contributed by atoms with Crippen molar-refractivity contribution in [1.82, 2.24) is 0 Å². The normalized spacial score (nSPS) is 25.1. The van der Waals surface area contributed by atoms with Gasteiger partial charge in [-0.15, -0.1) is 0 Å². The van der Waals surface area contributed by atoms with Crippen LogP contribution in [-0.4, -0.2) is 36.5 Å². The molecule has 3 atom stereocenters. The molecule has 1 fully saturated rings. The Morgan fingerprint density at radius 2 is 1.95 bits per heavy atom. The summed E-state index contributed by atoms with van der Waals surface area (Å²) in [5.41, 5.74) is 1.01. The molecule has 1 aliphatic carbocycles. The van der Waals surface area contributed by atoms with Crippen molar-refractivity contribution < 1.29 is 24.5 Å². The standard InChI is InChI=1S/C14H18O5/c1-18-10-4-2-9(3-5-10)7-19-8-12-11(6-15)13(12)14(16)17/h2-5,11-13,15H,6-8H2,1H3,(H,16,17). The van der Waals surface area contributed by atoms with Gasteiger partial charge in [0.25, 0.3) is 0 Å². The third-order valence-corrected chi connectivity index (χ3v) is 3.57. The quantitative estimate of drug-likeness (QED) is 0.774. The van der Waals surface area contributed by atoms with Gasteiger partial charge in [-0.3, -0.25) is 4.79 Å². The van der Waals surface area contributed by atoms with Crippen LogP contribution in [0.4, 0.5) is 0 Å². The highest BCUT2D eigenvalue weighted by Gasteiger charge is 2.54. The maximum atomic E-state index is 10.9. The number of carboxylic acid groups (broad SMARTS) is 1. The monoisotopic (exact) mass is 266 g/mol. The largest absolute Gasteiger partial charge is 0.497 e. The molecular formula is C14H18O5. The molecule has 2 N–H and O–H groups in total. The Bertz CT molecular complexity index is 428. The van der Waals surface area contributed by atoms with Gasteiger partial charge in [-0.2, -0.15) is 0 Å². The van der Waals surface area contributed by atoms with Gasteiger partial charge in [0.2, 0.25) is 0 Å². The van der Waals surface area contributed by atoms with Crippen molar-refractivity contribution in [2.75, 3.05) is 20.3 Å². The minimum Gasteiger partial charge on any atom is -0.497 e. The number of ether oxygens (including phenoxy) is 2. The highest BCUT2D eigenvalue weighted by atomic mass is 16.5. The molecule has 0 radical (unpaired) electrons. The molecule has 0 spiro atoms. The van der Waals surface area contributed by atoms with Gasteiger partial charge in [0.05, 0.1) is 26.2 Å². The molecule has 0 aromatic heterocycles. The molecule has 5 nitrogen and oxygen atoms in total. The van der Waals surface area contributed by atoms with E-state index in [4.69, 9.17) is 19.7 Å². The van der Waals surface area contributed by atoms with E-state index < -0.39 is 11.9 Å². The van der Waals surface area contributed by atoms with E-state index in [1.54, 1.807) is 7.11 Å². The maximum Gasteiger partial charge on any atom is 0.307 e. The zero-order valence-corrected chi connectivity index (χ0v) is 10.8. The molecule has 1 aliphatic rings. The lowest BCUT2D eigenvalue weighted by molar-refractivity contribution is -0.139. The molecule has 3 unspecified atom stereocenters. The first-order chi connectivity index (χ1) is 9.17. The number of benzene rings is 1. The molecular weight excluding hydrogens is 248 g/mol. The summed E-state index contributed by atoms with van der Waals surface area (Å²) < 4.78 is 10.6. The van der Waals surface area contributed by atoms with Crippen LogP contribution in [0.1, 0.15) is 5.56 Å². The first-order valence-corrected chi connectivity index (χ1v) is 6.21. The van der Waals surface area contributed by atoms with E-state index in [0.29, 0.717) is 13.2 Å². The van der Waals surface area contributed by atoms with Crippen LogP contribution in [0, 0.1) is 17.8 Å². The van der Waals surface area contributed by atoms with Crippen LogP contribution in [0.25, 0.3) is 0 Å². The second-order valence-electron chi connectivity index (χ2n) is 4.74. The highest BCUT2D eigenvalue weighted by Crippen LogP contribution is 2.46. The van der Waals surface area contributed by atoms with E-state index >= 15 is 0 Å². The third kappa shape index (κ3) is 3.24. The number of aliphatic hydroxyl groups is 1. The number of aliphatic carboxylic acids is 1. The fourth-order valence-electron chi connectivity index (χ4n) is 2.32. The zero-order valence-electron chi connectivity index (χ0n) is 10.8. The Morgan fingerprint density at radius 1 is 1.26 bits per heavy atom. The number of carboxylic acids is 1. The van der Waals surface area contributed by atoms with Crippen LogP contribution in [0.15, 0.2) is 24.3 Å². The van der Waals surface area contributed by atoms with Crippen LogP contribution in [0.3, 0.4) is 0 Å². The topological polar surface area (TPSA) is 76.0 Å². The van der Waals surface area contributed by atoms with E-state index in [2.05, 4.69) is 0 Å². The molecule has 0 aliphatic heterocycles. The second kappa shape index (κ2) is 6.04. The van der Waals surface area contributed by atoms with Crippen LogP contribution in [0.2, 0.25) is 0 Å². The molecule has 0 amide bonds. The van der Waals surface area contributed by atoms with E-state index in [-0.39, 0.29) is 18.4 Å². The van der Waals surface area contributed by atoms with Gasteiger partial charge >= 0.3 is 5.97 Å². The van der Waals surface area contributed by atoms with Crippen molar-refractivity contribution in [2.24, 2.45) is 17.8 Å². The first-order valence-electron chi connectivity index (χ1n) is 6.21. The van der Waals surface area contributed by atoms with Crippen LogP contribution in [-0.2, 0) is 16.1 Å².